The summed E-state index contributed by atoms with van der Waals surface area (Å²) in [6, 6.07) is 11.6. The molecule has 0 radical (unpaired) electrons. The first-order chi connectivity index (χ1) is 12.9. The number of carboxylic acid groups (broad SMARTS) is 1. The van der Waals surface area contributed by atoms with Gasteiger partial charge in [-0.3, -0.25) is 9.59 Å². The van der Waals surface area contributed by atoms with Gasteiger partial charge in [0.05, 0.1) is 29.9 Å². The van der Waals surface area contributed by atoms with Crippen molar-refractivity contribution in [3.05, 3.63) is 82.9 Å². The predicted molar refractivity (Wildman–Crippen MR) is 97.4 cm³/mol. The summed E-state index contributed by atoms with van der Waals surface area (Å²) in [6.45, 7) is 0. The molecule has 138 valence electrons. The number of aliphatic carboxylic acids is 1. The lowest BCUT2D eigenvalue weighted by Gasteiger charge is -2.17. The lowest BCUT2D eigenvalue weighted by molar-refractivity contribution is -0.137. The molecule has 1 aromatic heterocycles. The van der Waals surface area contributed by atoms with Crippen LogP contribution in [0.15, 0.2) is 60.9 Å². The van der Waals surface area contributed by atoms with E-state index in [9.17, 15) is 14.0 Å². The SMILES string of the molecule is O=C(O)CC(NC(=O)c1cnn(-c2cccc(F)c2)c1)c1ccc(Cl)cc1. The lowest BCUT2D eigenvalue weighted by atomic mass is 10.0. The van der Waals surface area contributed by atoms with Crippen LogP contribution in [-0.4, -0.2) is 26.8 Å². The van der Waals surface area contributed by atoms with Crippen LogP contribution in [0.2, 0.25) is 5.02 Å². The Morgan fingerprint density at radius 3 is 2.63 bits per heavy atom. The van der Waals surface area contributed by atoms with Gasteiger partial charge in [-0.15, -0.1) is 0 Å². The van der Waals surface area contributed by atoms with Gasteiger partial charge in [0.25, 0.3) is 5.91 Å². The van der Waals surface area contributed by atoms with Crippen LogP contribution in [-0.2, 0) is 4.79 Å². The smallest absolute Gasteiger partial charge is 0.305 e. The summed E-state index contributed by atoms with van der Waals surface area (Å²) in [5.74, 6) is -1.96. The number of rotatable bonds is 6. The van der Waals surface area contributed by atoms with Crippen molar-refractivity contribution in [2.75, 3.05) is 0 Å². The van der Waals surface area contributed by atoms with Crippen molar-refractivity contribution in [3.8, 4) is 5.69 Å². The van der Waals surface area contributed by atoms with E-state index in [-0.39, 0.29) is 12.0 Å². The summed E-state index contributed by atoms with van der Waals surface area (Å²) in [5, 5.41) is 16.4. The topological polar surface area (TPSA) is 84.2 Å². The Bertz CT molecular complexity index is 972. The number of benzene rings is 2. The Morgan fingerprint density at radius 2 is 1.96 bits per heavy atom. The largest absolute Gasteiger partial charge is 0.481 e. The predicted octanol–water partition coefficient (Wildman–Crippen LogP) is 3.61. The van der Waals surface area contributed by atoms with Gasteiger partial charge in [0.2, 0.25) is 0 Å². The summed E-state index contributed by atoms with van der Waals surface area (Å²) in [7, 11) is 0. The van der Waals surface area contributed by atoms with Gasteiger partial charge in [0.1, 0.15) is 5.82 Å². The minimum atomic E-state index is -1.05. The molecule has 0 spiro atoms. The minimum absolute atomic E-state index is 0.226. The Morgan fingerprint density at radius 1 is 1.22 bits per heavy atom. The summed E-state index contributed by atoms with van der Waals surface area (Å²) in [5.41, 5.74) is 1.31. The number of nitrogens with zero attached hydrogens (tertiary/aromatic N) is 2. The molecule has 1 amide bonds. The number of amides is 1. The van der Waals surface area contributed by atoms with E-state index >= 15 is 0 Å². The molecule has 1 heterocycles. The fourth-order valence-electron chi connectivity index (χ4n) is 2.56. The first-order valence-corrected chi connectivity index (χ1v) is 8.39. The maximum Gasteiger partial charge on any atom is 0.305 e. The number of carboxylic acids is 1. The van der Waals surface area contributed by atoms with Crippen LogP contribution >= 0.6 is 11.6 Å². The van der Waals surface area contributed by atoms with Gasteiger partial charge in [-0.05, 0) is 35.9 Å². The first kappa shape index (κ1) is 18.6. The van der Waals surface area contributed by atoms with E-state index in [0.717, 1.165) is 0 Å². The molecule has 0 saturated carbocycles. The van der Waals surface area contributed by atoms with Gasteiger partial charge in [0.15, 0.2) is 0 Å². The van der Waals surface area contributed by atoms with E-state index in [1.54, 1.807) is 30.3 Å². The Hall–Kier alpha value is -3.19. The second-order valence-electron chi connectivity index (χ2n) is 5.83. The number of carbonyl (C=O) groups excluding carboxylic acids is 1. The minimum Gasteiger partial charge on any atom is -0.481 e. The fraction of sp³-hybridized carbons (Fsp3) is 0.105. The normalized spacial score (nSPS) is 11.8. The van der Waals surface area contributed by atoms with Gasteiger partial charge in [-0.25, -0.2) is 9.07 Å². The zero-order chi connectivity index (χ0) is 19.4. The molecule has 0 aliphatic rings. The number of halogens is 2. The quantitative estimate of drug-likeness (QED) is 0.676. The molecular weight excluding hydrogens is 373 g/mol. The molecule has 0 saturated heterocycles. The van der Waals surface area contributed by atoms with Crippen LogP contribution in [0.3, 0.4) is 0 Å². The highest BCUT2D eigenvalue weighted by Crippen LogP contribution is 2.20. The number of hydrogen-bond donors (Lipinski definition) is 2. The molecule has 6 nitrogen and oxygen atoms in total. The van der Waals surface area contributed by atoms with Gasteiger partial charge < -0.3 is 10.4 Å². The molecule has 1 unspecified atom stereocenters. The summed E-state index contributed by atoms with van der Waals surface area (Å²) in [4.78, 5) is 23.7. The molecular formula is C19H15ClFN3O3. The molecule has 0 aliphatic carbocycles. The summed E-state index contributed by atoms with van der Waals surface area (Å²) in [6.07, 6.45) is 2.50. The molecule has 3 rings (SSSR count). The van der Waals surface area contributed by atoms with E-state index < -0.39 is 23.7 Å². The third-order valence-electron chi connectivity index (χ3n) is 3.87. The average Bonchev–Trinajstić information content (AvgIpc) is 3.12. The summed E-state index contributed by atoms with van der Waals surface area (Å²) >= 11 is 5.85. The Kier molecular flexibility index (Phi) is 5.52. The van der Waals surface area contributed by atoms with Crippen molar-refractivity contribution in [1.29, 1.82) is 0 Å². The van der Waals surface area contributed by atoms with E-state index in [1.807, 2.05) is 0 Å². The Labute approximate surface area is 159 Å². The van der Waals surface area contributed by atoms with Crippen molar-refractivity contribution in [1.82, 2.24) is 15.1 Å². The zero-order valence-electron chi connectivity index (χ0n) is 14.0. The van der Waals surface area contributed by atoms with Crippen molar-refractivity contribution in [3.63, 3.8) is 0 Å². The van der Waals surface area contributed by atoms with Crippen LogP contribution in [0.4, 0.5) is 4.39 Å². The van der Waals surface area contributed by atoms with Crippen molar-refractivity contribution in [2.45, 2.75) is 12.5 Å². The molecule has 0 aliphatic heterocycles. The van der Waals surface area contributed by atoms with Crippen molar-refractivity contribution >= 4 is 23.5 Å². The molecule has 1 atom stereocenters. The molecule has 8 heteroatoms. The Balaban J connectivity index is 1.79. The summed E-state index contributed by atoms with van der Waals surface area (Å²) < 4.78 is 14.7. The number of hydrogen-bond acceptors (Lipinski definition) is 3. The van der Waals surface area contributed by atoms with Crippen LogP contribution < -0.4 is 5.32 Å². The van der Waals surface area contributed by atoms with Gasteiger partial charge in [-0.2, -0.15) is 5.10 Å². The number of carbonyl (C=O) groups is 2. The standard InChI is InChI=1S/C19H15ClFN3O3/c20-14-6-4-12(5-7-14)17(9-18(25)26)23-19(27)13-10-22-24(11-13)16-3-1-2-15(21)8-16/h1-8,10-11,17H,9H2,(H,23,27)(H,25,26). The maximum absolute atomic E-state index is 13.3. The second kappa shape index (κ2) is 8.01. The van der Waals surface area contributed by atoms with Crippen molar-refractivity contribution < 1.29 is 19.1 Å². The van der Waals surface area contributed by atoms with E-state index in [0.29, 0.717) is 16.3 Å². The highest BCUT2D eigenvalue weighted by molar-refractivity contribution is 6.30. The third kappa shape index (κ3) is 4.71. The van der Waals surface area contributed by atoms with Gasteiger partial charge in [0, 0.05) is 11.2 Å². The van der Waals surface area contributed by atoms with Crippen LogP contribution in [0.1, 0.15) is 28.4 Å². The van der Waals surface area contributed by atoms with Crippen molar-refractivity contribution in [2.24, 2.45) is 0 Å². The van der Waals surface area contributed by atoms with E-state index in [2.05, 4.69) is 10.4 Å². The first-order valence-electron chi connectivity index (χ1n) is 8.01. The molecule has 27 heavy (non-hydrogen) atoms. The van der Waals surface area contributed by atoms with Gasteiger partial charge >= 0.3 is 5.97 Å². The monoisotopic (exact) mass is 387 g/mol. The molecule has 0 fully saturated rings. The van der Waals surface area contributed by atoms with E-state index in [4.69, 9.17) is 16.7 Å². The van der Waals surface area contributed by atoms with Crippen LogP contribution in [0.5, 0.6) is 0 Å². The van der Waals surface area contributed by atoms with Gasteiger partial charge in [-0.1, -0.05) is 29.8 Å². The molecule has 3 aromatic rings. The molecule has 0 bridgehead atoms. The van der Waals surface area contributed by atoms with E-state index in [1.165, 1.54) is 35.3 Å². The molecule has 2 aromatic carbocycles. The van der Waals surface area contributed by atoms with Crippen LogP contribution in [0.25, 0.3) is 5.69 Å². The second-order valence-corrected chi connectivity index (χ2v) is 6.27. The van der Waals surface area contributed by atoms with Crippen LogP contribution in [0, 0.1) is 5.82 Å². The fourth-order valence-corrected chi connectivity index (χ4v) is 2.69. The average molecular weight is 388 g/mol. The number of nitrogens with one attached hydrogen (secondary N) is 1. The molecule has 2 N–H and O–H groups in total. The zero-order valence-corrected chi connectivity index (χ0v) is 14.7. The highest BCUT2D eigenvalue weighted by atomic mass is 35.5. The lowest BCUT2D eigenvalue weighted by Crippen LogP contribution is -2.30. The third-order valence-corrected chi connectivity index (χ3v) is 4.13. The maximum atomic E-state index is 13.3. The highest BCUT2D eigenvalue weighted by Gasteiger charge is 2.20. The number of aromatic nitrogens is 2.